The van der Waals surface area contributed by atoms with Crippen LogP contribution in [0.4, 0.5) is 0 Å². The van der Waals surface area contributed by atoms with E-state index in [-0.39, 0.29) is 18.4 Å². The minimum atomic E-state index is -0.887. The number of furan rings is 1. The van der Waals surface area contributed by atoms with Crippen molar-refractivity contribution < 1.29 is 25.2 Å². The number of carbonyl (C=O) groups is 2. The summed E-state index contributed by atoms with van der Waals surface area (Å²) in [7, 11) is 0. The highest BCUT2D eigenvalue weighted by Crippen LogP contribution is 2.24. The van der Waals surface area contributed by atoms with Crippen molar-refractivity contribution in [2.24, 2.45) is 0 Å². The number of unbranched alkanes of at least 4 members (excludes halogenated alkanes) is 2. The number of carboxylic acids is 1. The van der Waals surface area contributed by atoms with E-state index in [2.05, 4.69) is 0 Å². The second-order valence-corrected chi connectivity index (χ2v) is 8.08. The summed E-state index contributed by atoms with van der Waals surface area (Å²) in [5, 5.41) is 8.73. The van der Waals surface area contributed by atoms with Crippen molar-refractivity contribution in [3.63, 3.8) is 0 Å². The van der Waals surface area contributed by atoms with Crippen molar-refractivity contribution in [3.8, 4) is 17.1 Å². The molecule has 1 unspecified atom stereocenters. The average Bonchev–Trinajstić information content (AvgIpc) is 3.36. The molecule has 0 aliphatic heterocycles. The van der Waals surface area contributed by atoms with Gasteiger partial charge in [0.25, 0.3) is 5.91 Å². The molecular formula is C27H31NO5. The minimum Gasteiger partial charge on any atom is -0.493 e. The highest BCUT2D eigenvalue weighted by molar-refractivity contribution is 5.97. The number of nitrogens with zero attached hydrogens (tertiary/aromatic N) is 1. The molecule has 1 aromatic heterocycles. The lowest BCUT2D eigenvalue weighted by atomic mass is 10.1. The van der Waals surface area contributed by atoms with Crippen LogP contribution in [0, 0.1) is 0 Å². The van der Waals surface area contributed by atoms with E-state index in [9.17, 15) is 9.59 Å². The number of para-hydroxylation sites is 1. The Kier molecular flexibility index (Phi) is 8.17. The zero-order valence-electron chi connectivity index (χ0n) is 20.1. The van der Waals surface area contributed by atoms with Gasteiger partial charge < -0.3 is 19.2 Å². The smallest absolute Gasteiger partial charge is 0.303 e. The van der Waals surface area contributed by atoms with Gasteiger partial charge >= 0.3 is 5.97 Å². The summed E-state index contributed by atoms with van der Waals surface area (Å²) in [4.78, 5) is 25.7. The topological polar surface area (TPSA) is 80.0 Å². The average molecular weight is 451 g/mol. The van der Waals surface area contributed by atoms with Crippen molar-refractivity contribution in [1.29, 1.82) is 0 Å². The molecule has 3 aromatic rings. The Labute approximate surface area is 196 Å². The lowest BCUT2D eigenvalue weighted by Crippen LogP contribution is -2.36. The third-order valence-electron chi connectivity index (χ3n) is 5.21. The molecule has 1 atom stereocenters. The van der Waals surface area contributed by atoms with E-state index in [0.717, 1.165) is 17.7 Å². The van der Waals surface area contributed by atoms with Crippen LogP contribution >= 0.6 is 0 Å². The van der Waals surface area contributed by atoms with Gasteiger partial charge in [-0.1, -0.05) is 36.4 Å². The fourth-order valence-electron chi connectivity index (χ4n) is 3.42. The first-order valence-corrected chi connectivity index (χ1v) is 11.2. The highest BCUT2D eigenvalue weighted by atomic mass is 16.5. The Hall–Kier alpha value is -3.54. The molecule has 6 heteroatoms. The largest absolute Gasteiger partial charge is 0.493 e. The van der Waals surface area contributed by atoms with Crippen LogP contribution in [-0.4, -0.2) is 34.5 Å². The van der Waals surface area contributed by atoms with Crippen LogP contribution in [0.1, 0.15) is 56.8 Å². The van der Waals surface area contributed by atoms with Crippen molar-refractivity contribution in [2.45, 2.75) is 52.1 Å². The molecule has 1 amide bonds. The molecule has 0 aliphatic carbocycles. The quantitative estimate of drug-likeness (QED) is 0.341. The van der Waals surface area contributed by atoms with E-state index in [1.807, 2.05) is 56.3 Å². The Balaban J connectivity index is 1.71. The van der Waals surface area contributed by atoms with Crippen LogP contribution in [0.3, 0.4) is 0 Å². The van der Waals surface area contributed by atoms with Gasteiger partial charge in [0.2, 0.25) is 0 Å². The molecule has 3 rings (SSSR count). The molecule has 1 heterocycles. The number of carboxylic acid groups (broad SMARTS) is 1. The maximum absolute atomic E-state index is 13.5. The summed E-state index contributed by atoms with van der Waals surface area (Å²) < 4.78 is 20.1. The summed E-state index contributed by atoms with van der Waals surface area (Å²) in [5.41, 5.74) is 2.02. The summed E-state index contributed by atoms with van der Waals surface area (Å²) >= 11 is 0. The van der Waals surface area contributed by atoms with E-state index in [0.29, 0.717) is 36.3 Å². The number of hydrogen-bond acceptors (Lipinski definition) is 4. The SMILES string of the molecule is [2H]C(c1ccc(-c2ccco2)cc1)N(C(=O)c1ccccc1OCCCCCC(=O)O)C(C)C. The second-order valence-electron chi connectivity index (χ2n) is 8.08. The minimum absolute atomic E-state index is 0.145. The predicted octanol–water partition coefficient (Wildman–Crippen LogP) is 6.02. The fraction of sp³-hybridized carbons (Fsp3) is 0.333. The van der Waals surface area contributed by atoms with Crippen LogP contribution in [0.5, 0.6) is 5.75 Å². The van der Waals surface area contributed by atoms with Crippen LogP contribution in [0.15, 0.2) is 71.3 Å². The van der Waals surface area contributed by atoms with Gasteiger partial charge in [0, 0.05) is 24.5 Å². The molecule has 2 aromatic carbocycles. The van der Waals surface area contributed by atoms with E-state index in [1.54, 1.807) is 24.5 Å². The maximum atomic E-state index is 13.5. The van der Waals surface area contributed by atoms with Gasteiger partial charge in [-0.05, 0) is 62.9 Å². The highest BCUT2D eigenvalue weighted by Gasteiger charge is 2.22. The van der Waals surface area contributed by atoms with E-state index >= 15 is 0 Å². The number of benzene rings is 2. The van der Waals surface area contributed by atoms with E-state index in [1.165, 1.54) is 4.90 Å². The lowest BCUT2D eigenvalue weighted by molar-refractivity contribution is -0.137. The van der Waals surface area contributed by atoms with Gasteiger partial charge in [0.1, 0.15) is 11.5 Å². The number of rotatable bonds is 12. The molecule has 33 heavy (non-hydrogen) atoms. The first-order valence-electron chi connectivity index (χ1n) is 11.8. The van der Waals surface area contributed by atoms with E-state index in [4.69, 9.17) is 15.6 Å². The predicted molar refractivity (Wildman–Crippen MR) is 127 cm³/mol. The molecule has 174 valence electrons. The van der Waals surface area contributed by atoms with Gasteiger partial charge in [-0.25, -0.2) is 0 Å². The Bertz CT molecular complexity index is 1060. The molecule has 0 bridgehead atoms. The Morgan fingerprint density at radius 2 is 1.79 bits per heavy atom. The van der Waals surface area contributed by atoms with Crippen molar-refractivity contribution in [2.75, 3.05) is 6.61 Å². The Morgan fingerprint density at radius 3 is 2.45 bits per heavy atom. The number of carbonyl (C=O) groups excluding carboxylic acids is 1. The summed E-state index contributed by atoms with van der Waals surface area (Å²) in [6, 6.07) is 18.0. The Morgan fingerprint density at radius 1 is 1.03 bits per heavy atom. The lowest BCUT2D eigenvalue weighted by Gasteiger charge is -2.28. The van der Waals surface area contributed by atoms with Crippen LogP contribution in [0.25, 0.3) is 11.3 Å². The van der Waals surface area contributed by atoms with Gasteiger partial charge in [0.05, 0.1) is 19.8 Å². The number of ether oxygens (including phenoxy) is 1. The first-order chi connectivity index (χ1) is 16.4. The fourth-order valence-corrected chi connectivity index (χ4v) is 3.42. The summed E-state index contributed by atoms with van der Waals surface area (Å²) in [6.07, 6.45) is 3.80. The zero-order valence-corrected chi connectivity index (χ0v) is 19.1. The van der Waals surface area contributed by atoms with Gasteiger partial charge in [-0.2, -0.15) is 0 Å². The molecule has 1 N–H and O–H groups in total. The molecule has 6 nitrogen and oxygen atoms in total. The summed E-state index contributed by atoms with van der Waals surface area (Å²) in [6.45, 7) is 3.29. The van der Waals surface area contributed by atoms with Crippen LogP contribution in [0.2, 0.25) is 0 Å². The molecule has 0 radical (unpaired) electrons. The third-order valence-corrected chi connectivity index (χ3v) is 5.21. The van der Waals surface area contributed by atoms with Crippen molar-refractivity contribution in [3.05, 3.63) is 78.1 Å². The maximum Gasteiger partial charge on any atom is 0.303 e. The molecule has 0 spiro atoms. The number of amides is 1. The van der Waals surface area contributed by atoms with Crippen LogP contribution < -0.4 is 4.74 Å². The van der Waals surface area contributed by atoms with Crippen LogP contribution in [-0.2, 0) is 11.3 Å². The van der Waals surface area contributed by atoms with Gasteiger partial charge in [0.15, 0.2) is 0 Å². The summed E-state index contributed by atoms with van der Waals surface area (Å²) in [5.74, 6) is 0.147. The molecule has 0 saturated heterocycles. The molecule has 0 fully saturated rings. The monoisotopic (exact) mass is 450 g/mol. The zero-order chi connectivity index (χ0) is 24.5. The van der Waals surface area contributed by atoms with Crippen molar-refractivity contribution >= 4 is 11.9 Å². The molecular weight excluding hydrogens is 418 g/mol. The first kappa shape index (κ1) is 22.6. The van der Waals surface area contributed by atoms with Gasteiger partial charge in [-0.3, -0.25) is 9.59 Å². The standard InChI is InChI=1S/C27H31NO5/c1-20(2)28(19-21-13-15-22(16-14-21)24-11-8-18-32-24)27(31)23-9-5-6-10-25(23)33-17-7-3-4-12-26(29)30/h5-6,8-11,13-16,18,20H,3-4,7,12,17,19H2,1-2H3,(H,29,30)/i19D. The number of aliphatic carboxylic acids is 1. The normalized spacial score (nSPS) is 12.3. The number of hydrogen-bond donors (Lipinski definition) is 1. The van der Waals surface area contributed by atoms with Crippen molar-refractivity contribution in [1.82, 2.24) is 4.90 Å². The second kappa shape index (κ2) is 11.9. The van der Waals surface area contributed by atoms with Gasteiger partial charge in [-0.15, -0.1) is 0 Å². The molecule has 0 saturated carbocycles. The van der Waals surface area contributed by atoms with E-state index < -0.39 is 12.5 Å². The third kappa shape index (κ3) is 6.97. The molecule has 0 aliphatic rings.